The van der Waals surface area contributed by atoms with E-state index in [0.29, 0.717) is 0 Å². The predicted octanol–water partition coefficient (Wildman–Crippen LogP) is 0.907. The molecule has 2 N–H and O–H groups in total. The van der Waals surface area contributed by atoms with Gasteiger partial charge < -0.3 is 10.4 Å². The number of carboxylic acid groups (broad SMARTS) is 1. The molecule has 0 aromatic carbocycles. The van der Waals surface area contributed by atoms with E-state index in [9.17, 15) is 14.9 Å². The van der Waals surface area contributed by atoms with Crippen molar-refractivity contribution in [2.45, 2.75) is 13.8 Å². The first-order valence-electron chi connectivity index (χ1n) is 4.76. The number of anilines is 1. The van der Waals surface area contributed by atoms with Crippen LogP contribution in [0.5, 0.6) is 0 Å². The number of aromatic nitrogens is 2. The Kier molecular flexibility index (Phi) is 3.56. The maximum absolute atomic E-state index is 10.8. The van der Waals surface area contributed by atoms with E-state index >= 15 is 0 Å². The molecule has 0 radical (unpaired) electrons. The maximum atomic E-state index is 10.8. The highest BCUT2D eigenvalue weighted by Crippen LogP contribution is 2.16. The second-order valence-corrected chi connectivity index (χ2v) is 4.06. The van der Waals surface area contributed by atoms with Crippen LogP contribution in [0.1, 0.15) is 13.8 Å². The second-order valence-electron chi connectivity index (χ2n) is 4.06. The van der Waals surface area contributed by atoms with E-state index in [1.54, 1.807) is 13.8 Å². The lowest BCUT2D eigenvalue weighted by atomic mass is 9.94. The first kappa shape index (κ1) is 12.8. The number of nitrogens with zero attached hydrogens (tertiary/aromatic N) is 3. The highest BCUT2D eigenvalue weighted by Gasteiger charge is 2.27. The van der Waals surface area contributed by atoms with Crippen molar-refractivity contribution in [1.82, 2.24) is 9.97 Å². The van der Waals surface area contributed by atoms with Crippen molar-refractivity contribution in [2.75, 3.05) is 11.9 Å². The molecule has 0 unspecified atom stereocenters. The van der Waals surface area contributed by atoms with Crippen molar-refractivity contribution >= 4 is 17.6 Å². The quantitative estimate of drug-likeness (QED) is 0.579. The van der Waals surface area contributed by atoms with Gasteiger partial charge in [-0.05, 0) is 13.8 Å². The molecule has 1 heterocycles. The zero-order chi connectivity index (χ0) is 13.1. The number of aliphatic carboxylic acids is 1. The zero-order valence-corrected chi connectivity index (χ0v) is 9.38. The lowest BCUT2D eigenvalue weighted by Gasteiger charge is -2.19. The van der Waals surface area contributed by atoms with Gasteiger partial charge >= 0.3 is 11.7 Å². The van der Waals surface area contributed by atoms with Crippen molar-refractivity contribution < 1.29 is 14.8 Å². The van der Waals surface area contributed by atoms with E-state index in [1.165, 1.54) is 0 Å². The Morgan fingerprint density at radius 3 is 2.47 bits per heavy atom. The Bertz CT molecular complexity index is 429. The topological polar surface area (TPSA) is 118 Å². The first-order chi connectivity index (χ1) is 7.83. The number of nitrogens with one attached hydrogen (secondary N) is 1. The first-order valence-corrected chi connectivity index (χ1v) is 4.76. The maximum Gasteiger partial charge on any atom is 0.310 e. The average Bonchev–Trinajstić information content (AvgIpc) is 2.27. The largest absolute Gasteiger partial charge is 0.481 e. The minimum atomic E-state index is -0.967. The summed E-state index contributed by atoms with van der Waals surface area (Å²) in [6.07, 6.45) is 2.12. The molecule has 0 atom stereocenters. The summed E-state index contributed by atoms with van der Waals surface area (Å²) in [6, 6.07) is 0. The molecular weight excluding hydrogens is 228 g/mol. The number of rotatable bonds is 5. The van der Waals surface area contributed by atoms with E-state index in [4.69, 9.17) is 5.11 Å². The van der Waals surface area contributed by atoms with Crippen molar-refractivity contribution in [2.24, 2.45) is 5.41 Å². The van der Waals surface area contributed by atoms with Gasteiger partial charge in [0.15, 0.2) is 0 Å². The standard InChI is InChI=1S/C9H12N4O4/c1-9(2,7(14)15)5-12-8-10-3-6(4-11-8)13(16)17/h3-4H,5H2,1-2H3,(H,14,15)(H,10,11,12). The van der Waals surface area contributed by atoms with Gasteiger partial charge in [-0.15, -0.1) is 0 Å². The summed E-state index contributed by atoms with van der Waals surface area (Å²) in [5.41, 5.74) is -1.18. The summed E-state index contributed by atoms with van der Waals surface area (Å²) >= 11 is 0. The summed E-state index contributed by atoms with van der Waals surface area (Å²) in [7, 11) is 0. The van der Waals surface area contributed by atoms with E-state index in [0.717, 1.165) is 12.4 Å². The fourth-order valence-electron chi connectivity index (χ4n) is 0.882. The van der Waals surface area contributed by atoms with Crippen LogP contribution in [0.4, 0.5) is 11.6 Å². The van der Waals surface area contributed by atoms with Crippen LogP contribution in [-0.4, -0.2) is 32.5 Å². The third kappa shape index (κ3) is 3.37. The molecule has 17 heavy (non-hydrogen) atoms. The molecule has 8 nitrogen and oxygen atoms in total. The predicted molar refractivity (Wildman–Crippen MR) is 58.6 cm³/mol. The molecular formula is C9H12N4O4. The Labute approximate surface area is 96.9 Å². The third-order valence-electron chi connectivity index (χ3n) is 2.12. The van der Waals surface area contributed by atoms with E-state index in [-0.39, 0.29) is 18.2 Å². The molecule has 8 heteroatoms. The Morgan fingerprint density at radius 1 is 1.53 bits per heavy atom. The van der Waals surface area contributed by atoms with Gasteiger partial charge in [-0.1, -0.05) is 0 Å². The van der Waals surface area contributed by atoms with Crippen molar-refractivity contribution in [3.63, 3.8) is 0 Å². The molecule has 0 aliphatic rings. The van der Waals surface area contributed by atoms with Crippen LogP contribution in [0.15, 0.2) is 12.4 Å². The SMILES string of the molecule is CC(C)(CNc1ncc([N+](=O)[O-])cn1)C(=O)O. The second kappa shape index (κ2) is 4.73. The van der Waals surface area contributed by atoms with Crippen LogP contribution in [0.3, 0.4) is 0 Å². The number of hydrogen-bond acceptors (Lipinski definition) is 6. The summed E-state index contributed by atoms with van der Waals surface area (Å²) in [6.45, 7) is 3.22. The Morgan fingerprint density at radius 2 is 2.06 bits per heavy atom. The van der Waals surface area contributed by atoms with Crippen LogP contribution < -0.4 is 5.32 Å². The van der Waals surface area contributed by atoms with Crippen LogP contribution in [-0.2, 0) is 4.79 Å². The van der Waals surface area contributed by atoms with Gasteiger partial charge in [0.05, 0.1) is 10.3 Å². The van der Waals surface area contributed by atoms with Gasteiger partial charge in [0.1, 0.15) is 12.4 Å². The molecule has 0 saturated carbocycles. The average molecular weight is 240 g/mol. The Hall–Kier alpha value is -2.25. The van der Waals surface area contributed by atoms with Crippen LogP contribution in [0.25, 0.3) is 0 Å². The number of hydrogen-bond donors (Lipinski definition) is 2. The third-order valence-corrected chi connectivity index (χ3v) is 2.12. The molecule has 0 spiro atoms. The van der Waals surface area contributed by atoms with Crippen molar-refractivity contribution in [3.05, 3.63) is 22.5 Å². The van der Waals surface area contributed by atoms with Gasteiger partial charge in [0.2, 0.25) is 5.95 Å². The van der Waals surface area contributed by atoms with E-state index in [1.807, 2.05) is 0 Å². The highest BCUT2D eigenvalue weighted by molar-refractivity contribution is 5.74. The lowest BCUT2D eigenvalue weighted by Crippen LogP contribution is -2.32. The summed E-state index contributed by atoms with van der Waals surface area (Å²) < 4.78 is 0. The van der Waals surface area contributed by atoms with E-state index in [2.05, 4.69) is 15.3 Å². The molecule has 0 fully saturated rings. The van der Waals surface area contributed by atoms with E-state index < -0.39 is 16.3 Å². The van der Waals surface area contributed by atoms with Crippen LogP contribution in [0.2, 0.25) is 0 Å². The number of carbonyl (C=O) groups is 1. The molecule has 1 rings (SSSR count). The minimum Gasteiger partial charge on any atom is -0.481 e. The van der Waals surface area contributed by atoms with Gasteiger partial charge in [-0.25, -0.2) is 9.97 Å². The van der Waals surface area contributed by atoms with Gasteiger partial charge in [-0.3, -0.25) is 14.9 Å². The molecule has 0 aliphatic heterocycles. The van der Waals surface area contributed by atoms with Gasteiger partial charge in [0, 0.05) is 6.54 Å². The van der Waals surface area contributed by atoms with Gasteiger partial charge in [-0.2, -0.15) is 0 Å². The molecule has 0 bridgehead atoms. The molecule has 0 amide bonds. The van der Waals surface area contributed by atoms with Gasteiger partial charge in [0.25, 0.3) is 0 Å². The summed E-state index contributed by atoms with van der Waals surface area (Å²) in [4.78, 5) is 28.0. The fraction of sp³-hybridized carbons (Fsp3) is 0.444. The molecule has 92 valence electrons. The molecule has 0 saturated heterocycles. The number of nitro groups is 1. The normalized spacial score (nSPS) is 10.9. The smallest absolute Gasteiger partial charge is 0.310 e. The lowest BCUT2D eigenvalue weighted by molar-refractivity contribution is -0.385. The van der Waals surface area contributed by atoms with Crippen molar-refractivity contribution in [3.8, 4) is 0 Å². The number of carboxylic acids is 1. The highest BCUT2D eigenvalue weighted by atomic mass is 16.6. The molecule has 0 aliphatic carbocycles. The monoisotopic (exact) mass is 240 g/mol. The van der Waals surface area contributed by atoms with Crippen LogP contribution >= 0.6 is 0 Å². The summed E-state index contributed by atoms with van der Waals surface area (Å²) in [5, 5.41) is 21.9. The molecule has 1 aromatic rings. The summed E-state index contributed by atoms with van der Waals surface area (Å²) in [5.74, 6) is -0.795. The van der Waals surface area contributed by atoms with Crippen molar-refractivity contribution in [1.29, 1.82) is 0 Å². The molecule has 1 aromatic heterocycles. The zero-order valence-electron chi connectivity index (χ0n) is 9.38. The Balaban J connectivity index is 2.65. The minimum absolute atomic E-state index is 0.125. The fourth-order valence-corrected chi connectivity index (χ4v) is 0.882. The van der Waals surface area contributed by atoms with Crippen LogP contribution in [0, 0.1) is 15.5 Å².